The molecule has 0 bridgehead atoms. The van der Waals surface area contributed by atoms with E-state index in [0.717, 1.165) is 11.3 Å². The summed E-state index contributed by atoms with van der Waals surface area (Å²) in [7, 11) is 0. The maximum absolute atomic E-state index is 11.8. The topological polar surface area (TPSA) is 56.1 Å². The molecule has 0 atom stereocenters. The van der Waals surface area contributed by atoms with E-state index in [4.69, 9.17) is 4.74 Å². The van der Waals surface area contributed by atoms with Gasteiger partial charge in [0.05, 0.1) is 11.3 Å². The Labute approximate surface area is 124 Å². The Kier molecular flexibility index (Phi) is 4.75. The Morgan fingerprint density at radius 2 is 2.05 bits per heavy atom. The van der Waals surface area contributed by atoms with Crippen molar-refractivity contribution in [3.63, 3.8) is 0 Å². The Morgan fingerprint density at radius 1 is 1.29 bits per heavy atom. The predicted octanol–water partition coefficient (Wildman–Crippen LogP) is 2.30. The molecular formula is C16H21N3O2. The van der Waals surface area contributed by atoms with E-state index in [-0.39, 0.29) is 18.1 Å². The lowest BCUT2D eigenvalue weighted by atomic mass is 10.1. The summed E-state index contributed by atoms with van der Waals surface area (Å²) >= 11 is 0. The van der Waals surface area contributed by atoms with Crippen molar-refractivity contribution in [1.29, 1.82) is 0 Å². The highest BCUT2D eigenvalue weighted by Crippen LogP contribution is 2.13. The fraction of sp³-hybridized carbons (Fsp3) is 0.375. The van der Waals surface area contributed by atoms with Crippen molar-refractivity contribution in [3.8, 4) is 5.69 Å². The van der Waals surface area contributed by atoms with Crippen LogP contribution < -0.4 is 5.32 Å². The van der Waals surface area contributed by atoms with Crippen LogP contribution in [0.25, 0.3) is 5.69 Å². The molecule has 0 aliphatic rings. The number of aromatic nitrogens is 2. The maximum atomic E-state index is 11.8. The molecule has 0 fully saturated rings. The first-order chi connectivity index (χ1) is 9.96. The molecule has 0 aliphatic heterocycles. The minimum absolute atomic E-state index is 0.0629. The fourth-order valence-corrected chi connectivity index (χ4v) is 1.82. The fourth-order valence-electron chi connectivity index (χ4n) is 1.82. The second-order valence-electron chi connectivity index (χ2n) is 5.76. The van der Waals surface area contributed by atoms with Gasteiger partial charge in [0, 0.05) is 18.9 Å². The molecule has 1 aromatic heterocycles. The van der Waals surface area contributed by atoms with Gasteiger partial charge in [-0.2, -0.15) is 5.10 Å². The minimum Gasteiger partial charge on any atom is -0.366 e. The van der Waals surface area contributed by atoms with Crippen LogP contribution in [0.3, 0.4) is 0 Å². The first kappa shape index (κ1) is 15.3. The lowest BCUT2D eigenvalue weighted by Crippen LogP contribution is -2.32. The van der Waals surface area contributed by atoms with Gasteiger partial charge in [-0.1, -0.05) is 18.2 Å². The smallest absolute Gasteiger partial charge is 0.246 e. The number of nitrogens with one attached hydrogen (secondary N) is 1. The third-order valence-electron chi connectivity index (χ3n) is 2.86. The molecule has 0 radical (unpaired) electrons. The van der Waals surface area contributed by atoms with E-state index in [0.29, 0.717) is 6.54 Å². The number of nitrogens with zero attached hydrogens (tertiary/aromatic N) is 2. The second-order valence-corrected chi connectivity index (χ2v) is 5.76. The van der Waals surface area contributed by atoms with Crippen LogP contribution in [0.15, 0.2) is 42.7 Å². The van der Waals surface area contributed by atoms with E-state index >= 15 is 0 Å². The summed E-state index contributed by atoms with van der Waals surface area (Å²) in [4.78, 5) is 11.8. The summed E-state index contributed by atoms with van der Waals surface area (Å²) < 4.78 is 7.24. The third kappa shape index (κ3) is 4.72. The van der Waals surface area contributed by atoms with Gasteiger partial charge >= 0.3 is 0 Å². The zero-order chi connectivity index (χ0) is 15.3. The Bertz CT molecular complexity index is 586. The molecule has 112 valence electrons. The summed E-state index contributed by atoms with van der Waals surface area (Å²) in [6.07, 6.45) is 3.61. The van der Waals surface area contributed by atoms with Crippen molar-refractivity contribution in [2.45, 2.75) is 32.9 Å². The van der Waals surface area contributed by atoms with Crippen LogP contribution in [0.5, 0.6) is 0 Å². The molecule has 5 heteroatoms. The Morgan fingerprint density at radius 3 is 2.71 bits per heavy atom. The van der Waals surface area contributed by atoms with Gasteiger partial charge in [0.25, 0.3) is 0 Å². The molecular weight excluding hydrogens is 266 g/mol. The van der Waals surface area contributed by atoms with Gasteiger partial charge in [-0.3, -0.25) is 4.79 Å². The van der Waals surface area contributed by atoms with Crippen LogP contribution >= 0.6 is 0 Å². The predicted molar refractivity (Wildman–Crippen MR) is 81.1 cm³/mol. The van der Waals surface area contributed by atoms with Crippen molar-refractivity contribution >= 4 is 5.91 Å². The molecule has 1 heterocycles. The first-order valence-corrected chi connectivity index (χ1v) is 6.94. The van der Waals surface area contributed by atoms with Gasteiger partial charge < -0.3 is 10.1 Å². The van der Waals surface area contributed by atoms with E-state index in [1.807, 2.05) is 57.3 Å². The monoisotopic (exact) mass is 287 g/mol. The standard InChI is InChI=1S/C16H21N3O2/c1-16(2,3)21-12-15(20)17-11-13-7-4-5-8-14(13)19-10-6-9-18-19/h4-10H,11-12H2,1-3H3,(H,17,20). The van der Waals surface area contributed by atoms with E-state index in [1.165, 1.54) is 0 Å². The molecule has 5 nitrogen and oxygen atoms in total. The van der Waals surface area contributed by atoms with Crippen LogP contribution in [0.1, 0.15) is 26.3 Å². The van der Waals surface area contributed by atoms with E-state index in [1.54, 1.807) is 10.9 Å². The molecule has 0 saturated carbocycles. The van der Waals surface area contributed by atoms with Crippen molar-refractivity contribution in [2.24, 2.45) is 0 Å². The number of ether oxygens (including phenoxy) is 1. The number of hydrogen-bond acceptors (Lipinski definition) is 3. The molecule has 0 unspecified atom stereocenters. The van der Waals surface area contributed by atoms with Gasteiger partial charge in [0.2, 0.25) is 5.91 Å². The Balaban J connectivity index is 1.96. The molecule has 21 heavy (non-hydrogen) atoms. The second kappa shape index (κ2) is 6.54. The van der Waals surface area contributed by atoms with Crippen molar-refractivity contribution < 1.29 is 9.53 Å². The number of carbonyl (C=O) groups is 1. The molecule has 1 amide bonds. The number of rotatable bonds is 5. The van der Waals surface area contributed by atoms with E-state index < -0.39 is 0 Å². The summed E-state index contributed by atoms with van der Waals surface area (Å²) in [6, 6.07) is 9.71. The van der Waals surface area contributed by atoms with Gasteiger partial charge in [0.1, 0.15) is 6.61 Å². The minimum atomic E-state index is -0.315. The SMILES string of the molecule is CC(C)(C)OCC(=O)NCc1ccccc1-n1cccn1. The zero-order valence-electron chi connectivity index (χ0n) is 12.7. The van der Waals surface area contributed by atoms with Gasteiger partial charge in [-0.05, 0) is 38.5 Å². The van der Waals surface area contributed by atoms with Crippen molar-refractivity contribution in [3.05, 3.63) is 48.3 Å². The highest BCUT2D eigenvalue weighted by atomic mass is 16.5. The van der Waals surface area contributed by atoms with Gasteiger partial charge in [0.15, 0.2) is 0 Å². The average Bonchev–Trinajstić information content (AvgIpc) is 2.96. The average molecular weight is 287 g/mol. The van der Waals surface area contributed by atoms with Crippen molar-refractivity contribution in [1.82, 2.24) is 15.1 Å². The maximum Gasteiger partial charge on any atom is 0.246 e. The van der Waals surface area contributed by atoms with Crippen LogP contribution in [0, 0.1) is 0 Å². The van der Waals surface area contributed by atoms with Crippen LogP contribution in [0.4, 0.5) is 0 Å². The largest absolute Gasteiger partial charge is 0.366 e. The molecule has 0 spiro atoms. The number of benzene rings is 1. The summed E-state index contributed by atoms with van der Waals surface area (Å²) in [5.74, 6) is -0.125. The molecule has 0 aliphatic carbocycles. The number of para-hydroxylation sites is 1. The van der Waals surface area contributed by atoms with Crippen molar-refractivity contribution in [2.75, 3.05) is 6.61 Å². The normalized spacial score (nSPS) is 11.4. The highest BCUT2D eigenvalue weighted by Gasteiger charge is 2.13. The summed E-state index contributed by atoms with van der Waals surface area (Å²) in [5.41, 5.74) is 1.65. The Hall–Kier alpha value is -2.14. The van der Waals surface area contributed by atoms with Crippen LogP contribution in [0.2, 0.25) is 0 Å². The quantitative estimate of drug-likeness (QED) is 0.918. The molecule has 2 aromatic rings. The number of hydrogen-bond donors (Lipinski definition) is 1. The molecule has 0 saturated heterocycles. The summed E-state index contributed by atoms with van der Waals surface area (Å²) in [5, 5.41) is 7.09. The van der Waals surface area contributed by atoms with Gasteiger partial charge in [-0.25, -0.2) is 4.68 Å². The van der Waals surface area contributed by atoms with E-state index in [9.17, 15) is 4.79 Å². The lowest BCUT2D eigenvalue weighted by Gasteiger charge is -2.19. The lowest BCUT2D eigenvalue weighted by molar-refractivity contribution is -0.130. The molecule has 1 N–H and O–H groups in total. The highest BCUT2D eigenvalue weighted by molar-refractivity contribution is 5.77. The van der Waals surface area contributed by atoms with Crippen LogP contribution in [-0.4, -0.2) is 27.9 Å². The van der Waals surface area contributed by atoms with Gasteiger partial charge in [-0.15, -0.1) is 0 Å². The van der Waals surface area contributed by atoms with E-state index in [2.05, 4.69) is 10.4 Å². The third-order valence-corrected chi connectivity index (χ3v) is 2.86. The number of carbonyl (C=O) groups excluding carboxylic acids is 1. The summed E-state index contributed by atoms with van der Waals surface area (Å²) in [6.45, 7) is 6.28. The zero-order valence-corrected chi connectivity index (χ0v) is 12.7. The molecule has 2 rings (SSSR count). The molecule has 1 aromatic carbocycles. The van der Waals surface area contributed by atoms with Crippen LogP contribution in [-0.2, 0) is 16.1 Å². The first-order valence-electron chi connectivity index (χ1n) is 6.94. The number of amides is 1.